The first-order chi connectivity index (χ1) is 22.6. The number of hydrogen-bond acceptors (Lipinski definition) is 13. The highest BCUT2D eigenvalue weighted by atomic mass is 16.7. The van der Waals surface area contributed by atoms with Gasteiger partial charge >= 0.3 is 5.97 Å². The highest BCUT2D eigenvalue weighted by molar-refractivity contribution is 5.73. The zero-order valence-corrected chi connectivity index (χ0v) is 32.4. The Labute approximate surface area is 295 Å². The molecule has 0 aromatic heterocycles. The topological polar surface area (TPSA) is 166 Å². The van der Waals surface area contributed by atoms with Crippen LogP contribution in [0.1, 0.15) is 88.0 Å². The molecule has 3 saturated heterocycles. The van der Waals surface area contributed by atoms with Gasteiger partial charge in [0.25, 0.3) is 0 Å². The van der Waals surface area contributed by atoms with Crippen LogP contribution in [0.2, 0.25) is 0 Å². The van der Waals surface area contributed by atoms with Crippen molar-refractivity contribution >= 4 is 5.97 Å². The number of aliphatic hydroxyl groups is 3. The van der Waals surface area contributed by atoms with E-state index in [4.69, 9.17) is 34.2 Å². The van der Waals surface area contributed by atoms with Gasteiger partial charge in [-0.25, -0.2) is 0 Å². The number of nitrogens with two attached hydrogens (primary N) is 1. The Bertz CT molecular complexity index is 1060. The molecule has 0 aromatic carbocycles. The summed E-state index contributed by atoms with van der Waals surface area (Å²) in [6.07, 6.45) is -4.46. The van der Waals surface area contributed by atoms with E-state index in [0.717, 1.165) is 0 Å². The van der Waals surface area contributed by atoms with Crippen molar-refractivity contribution in [3.05, 3.63) is 0 Å². The molecule has 3 rings (SSSR count). The maximum absolute atomic E-state index is 14.1. The Balaban J connectivity index is 2.12. The maximum Gasteiger partial charge on any atom is 0.311 e. The minimum absolute atomic E-state index is 0.0338. The number of rotatable bonds is 7. The van der Waals surface area contributed by atoms with Gasteiger partial charge in [-0.1, -0.05) is 20.8 Å². The highest BCUT2D eigenvalue weighted by Gasteiger charge is 2.51. The molecule has 0 aromatic rings. The number of ether oxygens (including phenoxy) is 6. The number of esters is 1. The normalized spacial score (nSPS) is 48.6. The Morgan fingerprint density at radius 2 is 1.65 bits per heavy atom. The van der Waals surface area contributed by atoms with Gasteiger partial charge in [-0.15, -0.1) is 0 Å². The van der Waals surface area contributed by atoms with Crippen molar-refractivity contribution < 1.29 is 48.5 Å². The van der Waals surface area contributed by atoms with Gasteiger partial charge in [-0.2, -0.15) is 0 Å². The van der Waals surface area contributed by atoms with E-state index in [1.54, 1.807) is 27.9 Å². The first kappa shape index (κ1) is 42.4. The second-order valence-corrected chi connectivity index (χ2v) is 16.4. The maximum atomic E-state index is 14.1. The smallest absolute Gasteiger partial charge is 0.311 e. The van der Waals surface area contributed by atoms with Crippen molar-refractivity contribution in [2.75, 3.05) is 41.3 Å². The predicted octanol–water partition coefficient (Wildman–Crippen LogP) is 2.12. The third-order valence-electron chi connectivity index (χ3n) is 11.3. The Hall–Kier alpha value is -0.970. The fourth-order valence-corrected chi connectivity index (χ4v) is 8.48. The first-order valence-corrected chi connectivity index (χ1v) is 18.2. The molecule has 0 saturated carbocycles. The van der Waals surface area contributed by atoms with E-state index in [9.17, 15) is 20.1 Å². The molecule has 0 bridgehead atoms. The summed E-state index contributed by atoms with van der Waals surface area (Å²) in [5, 5.41) is 35.4. The van der Waals surface area contributed by atoms with Crippen molar-refractivity contribution in [1.29, 1.82) is 0 Å². The van der Waals surface area contributed by atoms with Crippen molar-refractivity contribution in [2.24, 2.45) is 23.5 Å². The van der Waals surface area contributed by atoms with Gasteiger partial charge in [-0.05, 0) is 87.9 Å². The summed E-state index contributed by atoms with van der Waals surface area (Å²) in [5.41, 5.74) is 2.92. The molecule has 3 aliphatic heterocycles. The van der Waals surface area contributed by atoms with E-state index in [0.29, 0.717) is 32.2 Å². The molecule has 288 valence electrons. The molecule has 49 heavy (non-hydrogen) atoms. The molecule has 3 aliphatic rings. The lowest BCUT2D eigenvalue weighted by molar-refractivity contribution is -0.311. The van der Waals surface area contributed by atoms with Gasteiger partial charge in [0, 0.05) is 38.6 Å². The van der Waals surface area contributed by atoms with Gasteiger partial charge < -0.3 is 59.3 Å². The van der Waals surface area contributed by atoms with Gasteiger partial charge in [0.1, 0.15) is 17.8 Å². The zero-order chi connectivity index (χ0) is 37.2. The van der Waals surface area contributed by atoms with Crippen LogP contribution in [-0.4, -0.2) is 151 Å². The lowest BCUT2D eigenvalue weighted by Gasteiger charge is -2.49. The fraction of sp³-hybridized carbons (Fsp3) is 0.972. The number of methoxy groups -OCH3 is 1. The lowest BCUT2D eigenvalue weighted by Crippen LogP contribution is -2.62. The van der Waals surface area contributed by atoms with Crippen LogP contribution in [0.3, 0.4) is 0 Å². The molecule has 3 fully saturated rings. The molecule has 13 heteroatoms. The minimum atomic E-state index is -1.47. The number of aliphatic hydroxyl groups excluding tert-OH is 1. The first-order valence-electron chi connectivity index (χ1n) is 18.2. The van der Waals surface area contributed by atoms with Gasteiger partial charge in [0.15, 0.2) is 12.6 Å². The summed E-state index contributed by atoms with van der Waals surface area (Å²) in [4.78, 5) is 18.0. The highest BCUT2D eigenvalue weighted by Crippen LogP contribution is 2.39. The summed E-state index contributed by atoms with van der Waals surface area (Å²) < 4.78 is 37.8. The molecule has 1 unspecified atom stereocenters. The van der Waals surface area contributed by atoms with Crippen LogP contribution in [0, 0.1) is 17.8 Å². The van der Waals surface area contributed by atoms with E-state index >= 15 is 0 Å². The van der Waals surface area contributed by atoms with Crippen LogP contribution in [0.15, 0.2) is 0 Å². The molecule has 0 amide bonds. The second kappa shape index (κ2) is 16.8. The van der Waals surface area contributed by atoms with Gasteiger partial charge in [-0.3, -0.25) is 4.79 Å². The second-order valence-electron chi connectivity index (χ2n) is 16.4. The number of nitrogens with zero attached hydrogens (tertiary/aromatic N) is 2. The standard InChI is InChI=1S/C36H69N3O10/c1-14-26-35(8,43)19-39(12)18-20(2)16-34(7,42)31(49-33-28(40)25(38(10)11)15-21(3)45-33)22(4)29(23(5)32(41)47-26)48-27-17-36(9,44-13)30(37)24(6)46-27/h20-31,33,40,42-43H,14-19,37H2,1-13H3/t20-,21-,22+,23-,24+,25+,26-,27+,28-,29+,30?,31-,33+,34-,35+,36-/m1/s1. The molecule has 5 N–H and O–H groups in total. The number of cyclic esters (lactones) is 1. The SMILES string of the molecule is CC[C@H]1OC(=O)[C@H](C)[C@@H](O[C@H]2C[C@@](C)(OC)C(N)[C@H](C)O2)[C@H](C)[C@@H](O[C@@H]2O[C@H](C)C[C@H](N(C)C)[C@H]2O)[C@](C)(O)C[C@@H](C)CN(C)C[C@]1(C)O. The Morgan fingerprint density at radius 3 is 2.22 bits per heavy atom. The summed E-state index contributed by atoms with van der Waals surface area (Å²) in [6.45, 7) is 17.5. The van der Waals surface area contributed by atoms with E-state index in [2.05, 4.69) is 0 Å². The number of carbonyl (C=O) groups excluding carboxylic acids is 1. The van der Waals surface area contributed by atoms with E-state index < -0.39 is 83.7 Å². The summed E-state index contributed by atoms with van der Waals surface area (Å²) >= 11 is 0. The van der Waals surface area contributed by atoms with Crippen LogP contribution in [0.25, 0.3) is 0 Å². The largest absolute Gasteiger partial charge is 0.459 e. The molecule has 0 aliphatic carbocycles. The van der Waals surface area contributed by atoms with E-state index in [1.807, 2.05) is 72.5 Å². The van der Waals surface area contributed by atoms with E-state index in [-0.39, 0.29) is 24.6 Å². The average molecular weight is 704 g/mol. The summed E-state index contributed by atoms with van der Waals surface area (Å²) in [7, 11) is 7.32. The van der Waals surface area contributed by atoms with Crippen molar-refractivity contribution in [3.63, 3.8) is 0 Å². The average Bonchev–Trinajstić information content (AvgIpc) is 2.99. The summed E-state index contributed by atoms with van der Waals surface area (Å²) in [6, 6.07) is -0.644. The van der Waals surface area contributed by atoms with Crippen molar-refractivity contribution in [1.82, 2.24) is 9.80 Å². The van der Waals surface area contributed by atoms with Crippen LogP contribution in [0.5, 0.6) is 0 Å². The minimum Gasteiger partial charge on any atom is -0.459 e. The third kappa shape index (κ3) is 10.1. The monoisotopic (exact) mass is 703 g/mol. The molecular weight excluding hydrogens is 634 g/mol. The van der Waals surface area contributed by atoms with Crippen LogP contribution < -0.4 is 5.73 Å². The van der Waals surface area contributed by atoms with Crippen LogP contribution >= 0.6 is 0 Å². The van der Waals surface area contributed by atoms with Crippen LogP contribution in [-0.2, 0) is 33.2 Å². The lowest BCUT2D eigenvalue weighted by atomic mass is 9.77. The van der Waals surface area contributed by atoms with Gasteiger partial charge in [0.05, 0.1) is 47.6 Å². The zero-order valence-electron chi connectivity index (χ0n) is 32.4. The quantitative estimate of drug-likeness (QED) is 0.285. The molecule has 16 atom stereocenters. The van der Waals surface area contributed by atoms with Crippen molar-refractivity contribution in [2.45, 2.75) is 166 Å². The van der Waals surface area contributed by atoms with Crippen LogP contribution in [0.4, 0.5) is 0 Å². The Morgan fingerprint density at radius 1 is 1.02 bits per heavy atom. The molecule has 13 nitrogen and oxygen atoms in total. The van der Waals surface area contributed by atoms with E-state index in [1.165, 1.54) is 0 Å². The Kier molecular flexibility index (Phi) is 14.5. The molecule has 3 heterocycles. The molecule has 0 radical (unpaired) electrons. The summed E-state index contributed by atoms with van der Waals surface area (Å²) in [5.74, 6) is -2.12. The fourth-order valence-electron chi connectivity index (χ4n) is 8.48. The molecular formula is C36H69N3O10. The number of likely N-dealkylation sites (N-methyl/N-ethyl adjacent to an activating group) is 2. The predicted molar refractivity (Wildman–Crippen MR) is 186 cm³/mol. The molecule has 0 spiro atoms. The number of β-amino-alcohol motifs (C(OH)–C–C–N with tert-alkyl or cyclic N) is 1. The van der Waals surface area contributed by atoms with Crippen molar-refractivity contribution in [3.8, 4) is 0 Å². The number of carbonyl (C=O) groups is 1. The number of hydrogen-bond donors (Lipinski definition) is 4. The third-order valence-corrected chi connectivity index (χ3v) is 11.3. The van der Waals surface area contributed by atoms with Gasteiger partial charge in [0.2, 0.25) is 0 Å².